The zero-order valence-electron chi connectivity index (χ0n) is 23.8. The minimum atomic E-state index is -4.60. The molecule has 0 unspecified atom stereocenters. The Labute approximate surface area is 253 Å². The highest BCUT2D eigenvalue weighted by molar-refractivity contribution is 6.04. The van der Waals surface area contributed by atoms with Gasteiger partial charge in [-0.15, -0.1) is 0 Å². The molecule has 12 nitrogen and oxygen atoms in total. The maximum atomic E-state index is 13.9. The normalized spacial score (nSPS) is 11.2. The van der Waals surface area contributed by atoms with E-state index in [2.05, 4.69) is 37.4 Å². The van der Waals surface area contributed by atoms with Gasteiger partial charge in [0.2, 0.25) is 0 Å². The van der Waals surface area contributed by atoms with Crippen LogP contribution in [0.25, 0.3) is 22.5 Å². The Bertz CT molecular complexity index is 2040. The lowest BCUT2D eigenvalue weighted by molar-refractivity contribution is -0.137. The van der Waals surface area contributed by atoms with Crippen molar-refractivity contribution >= 4 is 40.3 Å². The first-order valence-corrected chi connectivity index (χ1v) is 13.2. The molecule has 2 aromatic carbocycles. The summed E-state index contributed by atoms with van der Waals surface area (Å²) in [5.41, 5.74) is 6.17. The van der Waals surface area contributed by atoms with Crippen LogP contribution in [-0.2, 0) is 11.0 Å². The van der Waals surface area contributed by atoms with Gasteiger partial charge in [-0.2, -0.15) is 13.2 Å². The van der Waals surface area contributed by atoms with E-state index in [0.29, 0.717) is 23.6 Å². The number of nitrogens with two attached hydrogens (primary N) is 1. The van der Waals surface area contributed by atoms with Crippen molar-refractivity contribution in [2.45, 2.75) is 6.18 Å². The van der Waals surface area contributed by atoms with E-state index in [-0.39, 0.29) is 28.4 Å². The third-order valence-electron chi connectivity index (χ3n) is 6.33. The number of carbonyl (C=O) groups is 2. The molecule has 2 amide bonds. The summed E-state index contributed by atoms with van der Waals surface area (Å²) in [6.45, 7) is 0.405. The lowest BCUT2D eigenvalue weighted by atomic mass is 10.2. The number of anilines is 3. The van der Waals surface area contributed by atoms with E-state index in [9.17, 15) is 27.6 Å². The summed E-state index contributed by atoms with van der Waals surface area (Å²) in [5, 5.41) is 5.02. The van der Waals surface area contributed by atoms with E-state index >= 15 is 0 Å². The molecule has 5 aromatic rings. The Hall–Kier alpha value is -6.01. The van der Waals surface area contributed by atoms with Crippen molar-refractivity contribution in [1.29, 1.82) is 0 Å². The second-order valence-corrected chi connectivity index (χ2v) is 9.86. The van der Waals surface area contributed by atoms with Crippen LogP contribution in [0.1, 0.15) is 15.9 Å². The van der Waals surface area contributed by atoms with Crippen LogP contribution in [-0.4, -0.2) is 61.4 Å². The number of fused-ring (bicyclic) bond motifs is 1. The topological polar surface area (TPSA) is 153 Å². The summed E-state index contributed by atoms with van der Waals surface area (Å²) >= 11 is 0. The van der Waals surface area contributed by atoms with Crippen LogP contribution < -0.4 is 22.1 Å². The van der Waals surface area contributed by atoms with Gasteiger partial charge in [-0.3, -0.25) is 19.1 Å². The number of imidazole rings is 1. The van der Waals surface area contributed by atoms with Gasteiger partial charge in [0.05, 0.1) is 23.5 Å². The molecule has 3 heterocycles. The number of benzene rings is 2. The lowest BCUT2D eigenvalue weighted by Crippen LogP contribution is -2.22. The predicted octanol–water partition coefficient (Wildman–Crippen LogP) is 3.32. The number of aromatic nitrogens is 5. The molecular weight excluding hydrogens is 591 g/mol. The van der Waals surface area contributed by atoms with Crippen molar-refractivity contribution in [1.82, 2.24) is 29.0 Å². The Balaban J connectivity index is 1.47. The molecule has 0 radical (unpaired) electrons. The second kappa shape index (κ2) is 12.3. The van der Waals surface area contributed by atoms with E-state index < -0.39 is 29.2 Å². The molecule has 0 spiro atoms. The smallest absolute Gasteiger partial charge is 0.382 e. The van der Waals surface area contributed by atoms with Crippen molar-refractivity contribution < 1.29 is 22.8 Å². The molecule has 45 heavy (non-hydrogen) atoms. The van der Waals surface area contributed by atoms with Gasteiger partial charge in [-0.25, -0.2) is 24.3 Å². The van der Waals surface area contributed by atoms with Gasteiger partial charge in [0, 0.05) is 17.4 Å². The molecule has 0 atom stereocenters. The SMILES string of the molecule is CN(C)CC#CC(=O)Nc1cccc(-n2c(=O)n(-c3ccc(C(=O)Nc4cc(C(F)(F)F)ccn4)cc3)c3c(N)ncnc32)c1. The van der Waals surface area contributed by atoms with Crippen molar-refractivity contribution in [2.24, 2.45) is 0 Å². The summed E-state index contributed by atoms with van der Waals surface area (Å²) < 4.78 is 41.7. The molecule has 0 aliphatic heterocycles. The van der Waals surface area contributed by atoms with E-state index in [1.165, 1.54) is 39.7 Å². The average molecular weight is 616 g/mol. The number of hydrogen-bond acceptors (Lipinski definition) is 8. The summed E-state index contributed by atoms with van der Waals surface area (Å²) in [5.74, 6) is 3.75. The van der Waals surface area contributed by atoms with E-state index in [0.717, 1.165) is 18.3 Å². The summed E-state index contributed by atoms with van der Waals surface area (Å²) in [7, 11) is 3.65. The number of halogens is 3. The van der Waals surface area contributed by atoms with Gasteiger partial charge >= 0.3 is 11.9 Å². The first-order valence-electron chi connectivity index (χ1n) is 13.2. The predicted molar refractivity (Wildman–Crippen MR) is 161 cm³/mol. The molecule has 0 bridgehead atoms. The third kappa shape index (κ3) is 6.65. The largest absolute Gasteiger partial charge is 0.416 e. The van der Waals surface area contributed by atoms with E-state index in [1.54, 1.807) is 24.3 Å². The van der Waals surface area contributed by atoms with Gasteiger partial charge in [-0.1, -0.05) is 12.0 Å². The Morgan fingerprint density at radius 2 is 1.71 bits per heavy atom. The number of nitrogens with zero attached hydrogens (tertiary/aromatic N) is 6. The zero-order valence-corrected chi connectivity index (χ0v) is 23.8. The minimum absolute atomic E-state index is 0.00825. The van der Waals surface area contributed by atoms with E-state index in [4.69, 9.17) is 5.73 Å². The number of nitrogen functional groups attached to an aromatic ring is 1. The highest BCUT2D eigenvalue weighted by Gasteiger charge is 2.31. The number of carbonyl (C=O) groups excluding carboxylic acids is 2. The summed E-state index contributed by atoms with van der Waals surface area (Å²) in [6, 6.07) is 13.7. The van der Waals surface area contributed by atoms with Gasteiger partial charge in [0.1, 0.15) is 17.7 Å². The number of amides is 2. The van der Waals surface area contributed by atoms with Crippen LogP contribution in [0.4, 0.5) is 30.5 Å². The van der Waals surface area contributed by atoms with Crippen LogP contribution in [0.2, 0.25) is 0 Å². The van der Waals surface area contributed by atoms with Gasteiger partial charge in [-0.05, 0) is 74.6 Å². The summed E-state index contributed by atoms with van der Waals surface area (Å²) in [6.07, 6.45) is -2.45. The molecule has 0 aliphatic rings. The highest BCUT2D eigenvalue weighted by Crippen LogP contribution is 2.30. The Kier molecular flexibility index (Phi) is 8.33. The van der Waals surface area contributed by atoms with E-state index in [1.807, 2.05) is 19.0 Å². The molecule has 0 saturated heterocycles. The molecule has 3 aromatic heterocycles. The maximum absolute atomic E-state index is 13.9. The van der Waals surface area contributed by atoms with Crippen LogP contribution in [0.3, 0.4) is 0 Å². The number of alkyl halides is 3. The van der Waals surface area contributed by atoms with Gasteiger partial charge < -0.3 is 16.4 Å². The Morgan fingerprint density at radius 3 is 2.42 bits per heavy atom. The van der Waals surface area contributed by atoms with Gasteiger partial charge in [0.25, 0.3) is 11.8 Å². The Morgan fingerprint density at radius 1 is 0.956 bits per heavy atom. The number of pyridine rings is 1. The molecule has 0 aliphatic carbocycles. The third-order valence-corrected chi connectivity index (χ3v) is 6.33. The van der Waals surface area contributed by atoms with Crippen LogP contribution in [0.5, 0.6) is 0 Å². The average Bonchev–Trinajstić information content (AvgIpc) is 3.29. The first-order chi connectivity index (χ1) is 21.4. The lowest BCUT2D eigenvalue weighted by Gasteiger charge is -2.10. The standard InChI is InChI=1S/C30H24F3N9O3/c1-40(2)14-4-7-24(43)38-20-5-3-6-22(16-20)42-27-25(26(34)36-17-37-27)41(29(42)45)21-10-8-18(9-11-21)28(44)39-23-15-19(12-13-35-23)30(31,32)33/h3,5-6,8-13,15-17H,14H2,1-2H3,(H,38,43)(H2,34,36,37)(H,35,39,44). The fraction of sp³-hybridized carbons (Fsp3) is 0.133. The molecule has 4 N–H and O–H groups in total. The maximum Gasteiger partial charge on any atom is 0.416 e. The highest BCUT2D eigenvalue weighted by atomic mass is 19.4. The van der Waals surface area contributed by atoms with Crippen LogP contribution in [0.15, 0.2) is 78.0 Å². The monoisotopic (exact) mass is 615 g/mol. The minimum Gasteiger partial charge on any atom is -0.382 e. The number of nitrogens with one attached hydrogen (secondary N) is 2. The first kappa shape index (κ1) is 30.4. The summed E-state index contributed by atoms with van der Waals surface area (Å²) in [4.78, 5) is 52.8. The zero-order chi connectivity index (χ0) is 32.3. The van der Waals surface area contributed by atoms with Gasteiger partial charge in [0.15, 0.2) is 11.5 Å². The van der Waals surface area contributed by atoms with Crippen molar-refractivity contribution in [3.05, 3.63) is 94.8 Å². The van der Waals surface area contributed by atoms with Crippen LogP contribution >= 0.6 is 0 Å². The molecule has 15 heteroatoms. The molecule has 228 valence electrons. The quantitative estimate of drug-likeness (QED) is 0.246. The number of rotatable bonds is 6. The van der Waals surface area contributed by atoms with Crippen LogP contribution in [0, 0.1) is 11.8 Å². The fourth-order valence-corrected chi connectivity index (χ4v) is 4.31. The second-order valence-electron chi connectivity index (χ2n) is 9.86. The molecule has 5 rings (SSSR count). The molecule has 0 saturated carbocycles. The van der Waals surface area contributed by atoms with Crippen molar-refractivity contribution in [3.63, 3.8) is 0 Å². The van der Waals surface area contributed by atoms with Crippen molar-refractivity contribution in [2.75, 3.05) is 37.0 Å². The van der Waals surface area contributed by atoms with Crippen molar-refractivity contribution in [3.8, 4) is 23.2 Å². The number of hydrogen-bond donors (Lipinski definition) is 3. The fourth-order valence-electron chi connectivity index (χ4n) is 4.31. The molecule has 0 fully saturated rings. The molecular formula is C30H24F3N9O3.